The van der Waals surface area contributed by atoms with E-state index < -0.39 is 0 Å². The molecule has 1 heterocycles. The molecule has 2 heteroatoms. The first kappa shape index (κ1) is 41.7. The molecule has 0 unspecified atom stereocenters. The number of fused-ring (bicyclic) bond motifs is 1. The van der Waals surface area contributed by atoms with E-state index in [0.717, 1.165) is 77.9 Å². The molecule has 0 saturated carbocycles. The van der Waals surface area contributed by atoms with Gasteiger partial charge < -0.3 is 0 Å². The minimum atomic E-state index is 0.845. The zero-order valence-electron chi connectivity index (χ0n) is 37.5. The van der Waals surface area contributed by atoms with Crippen LogP contribution in [0.5, 0.6) is 0 Å². The number of aromatic nitrogens is 2. The number of nitrogens with zero attached hydrogens (tertiary/aromatic N) is 2. The number of benzene rings is 10. The number of hydrogen-bond donors (Lipinski definition) is 0. The second-order valence-electron chi connectivity index (χ2n) is 16.9. The first-order chi connectivity index (χ1) is 33.7. The maximum absolute atomic E-state index is 4.98. The summed E-state index contributed by atoms with van der Waals surface area (Å²) in [5.41, 5.74) is 22.1. The molecule has 1 aromatic heterocycles. The van der Waals surface area contributed by atoms with Crippen LogP contribution in [0.3, 0.4) is 0 Å². The van der Waals surface area contributed by atoms with E-state index in [2.05, 4.69) is 249 Å². The zero-order valence-corrected chi connectivity index (χ0v) is 37.5. The number of para-hydroxylation sites is 2. The third kappa shape index (κ3) is 8.63. The van der Waals surface area contributed by atoms with Crippen LogP contribution >= 0.6 is 0 Å². The van der Waals surface area contributed by atoms with E-state index in [1.807, 2.05) is 30.5 Å². The van der Waals surface area contributed by atoms with Crippen molar-refractivity contribution in [1.29, 1.82) is 0 Å². The Balaban J connectivity index is 1.11. The molecule has 0 aliphatic rings. The molecule has 10 aromatic carbocycles. The number of rotatable bonds is 11. The highest BCUT2D eigenvalue weighted by molar-refractivity contribution is 6.07. The molecule has 0 saturated heterocycles. The van der Waals surface area contributed by atoms with Crippen molar-refractivity contribution in [2.24, 2.45) is 0 Å². The fourth-order valence-corrected chi connectivity index (χ4v) is 9.37. The summed E-state index contributed by atoms with van der Waals surface area (Å²) in [5, 5.41) is 0. The van der Waals surface area contributed by atoms with Crippen molar-refractivity contribution in [3.63, 3.8) is 0 Å². The van der Waals surface area contributed by atoms with Crippen molar-refractivity contribution in [3.8, 4) is 33.5 Å². The third-order valence-corrected chi connectivity index (χ3v) is 12.6. The van der Waals surface area contributed by atoms with Crippen LogP contribution < -0.4 is 0 Å². The van der Waals surface area contributed by atoms with Gasteiger partial charge in [0.05, 0.1) is 22.9 Å². The summed E-state index contributed by atoms with van der Waals surface area (Å²) >= 11 is 0. The molecular formula is C66H46N2. The van der Waals surface area contributed by atoms with Gasteiger partial charge in [-0.1, -0.05) is 255 Å². The highest BCUT2D eigenvalue weighted by atomic mass is 14.8. The molecule has 11 rings (SSSR count). The topological polar surface area (TPSA) is 25.8 Å². The van der Waals surface area contributed by atoms with E-state index >= 15 is 0 Å². The van der Waals surface area contributed by atoms with Crippen molar-refractivity contribution in [3.05, 3.63) is 324 Å². The van der Waals surface area contributed by atoms with Crippen molar-refractivity contribution in [1.82, 2.24) is 9.97 Å². The van der Waals surface area contributed by atoms with Crippen LogP contribution in [0.15, 0.2) is 279 Å². The number of hydrogen-bond acceptors (Lipinski definition) is 2. The maximum atomic E-state index is 4.98. The van der Waals surface area contributed by atoms with Crippen LogP contribution in [0, 0.1) is 0 Å². The van der Waals surface area contributed by atoms with Gasteiger partial charge in [-0.25, -0.2) is 4.98 Å². The molecule has 0 amide bonds. The average Bonchev–Trinajstić information content (AvgIpc) is 3.43. The van der Waals surface area contributed by atoms with Crippen LogP contribution in [0.1, 0.15) is 44.5 Å². The molecule has 11 aromatic rings. The van der Waals surface area contributed by atoms with Crippen LogP contribution in [0.25, 0.3) is 66.8 Å². The zero-order chi connectivity index (χ0) is 45.5. The fourth-order valence-electron chi connectivity index (χ4n) is 9.37. The molecule has 0 aliphatic heterocycles. The summed E-state index contributed by atoms with van der Waals surface area (Å²) in [6.07, 6.45) is 1.87. The predicted octanol–water partition coefficient (Wildman–Crippen LogP) is 16.6. The van der Waals surface area contributed by atoms with Gasteiger partial charge in [0, 0.05) is 5.56 Å². The predicted molar refractivity (Wildman–Crippen MR) is 285 cm³/mol. The first-order valence-electron chi connectivity index (χ1n) is 23.1. The van der Waals surface area contributed by atoms with Gasteiger partial charge in [0.2, 0.25) is 0 Å². The van der Waals surface area contributed by atoms with E-state index in [1.54, 1.807) is 0 Å². The summed E-state index contributed by atoms with van der Waals surface area (Å²) in [6, 6.07) is 97.6. The SMILES string of the molecule is c1ccc(C(=C(c2ccccc2)c2ccc(-c3ccc(C(=C(c4ccccc4)c4ccccc4)c4ccccc4)cc3-c3ccc(-c4cnc5ccccc5n4)cc3)cc2)c2ccccc2)cc1. The highest BCUT2D eigenvalue weighted by Crippen LogP contribution is 2.43. The van der Waals surface area contributed by atoms with Gasteiger partial charge >= 0.3 is 0 Å². The second-order valence-corrected chi connectivity index (χ2v) is 16.9. The molecule has 0 spiro atoms. The molecule has 0 bridgehead atoms. The second kappa shape index (κ2) is 19.2. The molecular weight excluding hydrogens is 821 g/mol. The molecule has 0 N–H and O–H groups in total. The lowest BCUT2D eigenvalue weighted by Crippen LogP contribution is -1.99. The third-order valence-electron chi connectivity index (χ3n) is 12.6. The van der Waals surface area contributed by atoms with Crippen molar-refractivity contribution < 1.29 is 0 Å². The summed E-state index contributed by atoms with van der Waals surface area (Å²) in [5.74, 6) is 0. The van der Waals surface area contributed by atoms with Gasteiger partial charge in [-0.3, -0.25) is 4.98 Å². The smallest absolute Gasteiger partial charge is 0.0894 e. The van der Waals surface area contributed by atoms with Crippen molar-refractivity contribution >= 4 is 33.3 Å². The molecule has 0 fully saturated rings. The van der Waals surface area contributed by atoms with Gasteiger partial charge in [-0.2, -0.15) is 0 Å². The van der Waals surface area contributed by atoms with Gasteiger partial charge in [0.25, 0.3) is 0 Å². The van der Waals surface area contributed by atoms with E-state index in [1.165, 1.54) is 33.4 Å². The van der Waals surface area contributed by atoms with Gasteiger partial charge in [-0.05, 0) is 107 Å². The Morgan fingerprint density at radius 1 is 0.235 bits per heavy atom. The summed E-state index contributed by atoms with van der Waals surface area (Å²) < 4.78 is 0. The average molecular weight is 867 g/mol. The highest BCUT2D eigenvalue weighted by Gasteiger charge is 2.20. The van der Waals surface area contributed by atoms with E-state index in [-0.39, 0.29) is 0 Å². The Morgan fingerprint density at radius 2 is 0.544 bits per heavy atom. The Bertz CT molecular complexity index is 3450. The molecule has 0 radical (unpaired) electrons. The summed E-state index contributed by atoms with van der Waals surface area (Å²) in [4.78, 5) is 9.71. The van der Waals surface area contributed by atoms with E-state index in [4.69, 9.17) is 9.97 Å². The molecule has 68 heavy (non-hydrogen) atoms. The van der Waals surface area contributed by atoms with Gasteiger partial charge in [0.1, 0.15) is 0 Å². The van der Waals surface area contributed by atoms with Crippen molar-refractivity contribution in [2.45, 2.75) is 0 Å². The Hall–Kier alpha value is -8.98. The molecule has 2 nitrogen and oxygen atoms in total. The van der Waals surface area contributed by atoms with Gasteiger partial charge in [0.15, 0.2) is 0 Å². The molecule has 320 valence electrons. The van der Waals surface area contributed by atoms with Crippen LogP contribution in [-0.4, -0.2) is 9.97 Å². The Labute approximate surface area is 398 Å². The minimum absolute atomic E-state index is 0.845. The lowest BCUT2D eigenvalue weighted by Gasteiger charge is -2.21. The van der Waals surface area contributed by atoms with Crippen molar-refractivity contribution in [2.75, 3.05) is 0 Å². The van der Waals surface area contributed by atoms with Gasteiger partial charge in [-0.15, -0.1) is 0 Å². The lowest BCUT2D eigenvalue weighted by molar-refractivity contribution is 1.29. The fraction of sp³-hybridized carbons (Fsp3) is 0. The maximum Gasteiger partial charge on any atom is 0.0894 e. The van der Waals surface area contributed by atoms with Crippen LogP contribution in [0.2, 0.25) is 0 Å². The molecule has 0 atom stereocenters. The summed E-state index contributed by atoms with van der Waals surface area (Å²) in [6.45, 7) is 0. The summed E-state index contributed by atoms with van der Waals surface area (Å²) in [7, 11) is 0. The van der Waals surface area contributed by atoms with E-state index in [9.17, 15) is 0 Å². The van der Waals surface area contributed by atoms with Crippen LogP contribution in [-0.2, 0) is 0 Å². The monoisotopic (exact) mass is 866 g/mol. The normalized spacial score (nSPS) is 10.9. The Kier molecular flexibility index (Phi) is 11.8. The standard InChI is InChI=1S/C66H46N2/c1-7-21-50(22-8-1)63(51-23-9-2-10-24-51)65(54-29-15-5-16-30-54)56-41-37-47(38-42-56)58-44-43-57(45-59(58)48-35-39-49(40-36-48)62-46-67-60-33-19-20-34-61(60)68-62)66(55-31-17-6-18-32-55)64(52-25-11-3-12-26-52)53-27-13-4-14-28-53/h1-46H. The Morgan fingerprint density at radius 3 is 0.971 bits per heavy atom. The quantitative estimate of drug-likeness (QED) is 0.121. The molecule has 0 aliphatic carbocycles. The lowest BCUT2D eigenvalue weighted by atomic mass is 9.83. The largest absolute Gasteiger partial charge is 0.252 e. The van der Waals surface area contributed by atoms with Crippen LogP contribution in [0.4, 0.5) is 0 Å². The minimum Gasteiger partial charge on any atom is -0.252 e. The van der Waals surface area contributed by atoms with E-state index in [0.29, 0.717) is 0 Å². The first-order valence-corrected chi connectivity index (χ1v) is 23.1.